The highest BCUT2D eigenvalue weighted by Crippen LogP contribution is 2.17. The van der Waals surface area contributed by atoms with Crippen LogP contribution in [0.25, 0.3) is 0 Å². The number of benzene rings is 2. The van der Waals surface area contributed by atoms with Gasteiger partial charge in [0.2, 0.25) is 0 Å². The summed E-state index contributed by atoms with van der Waals surface area (Å²) in [5, 5.41) is 2.65. The van der Waals surface area contributed by atoms with Gasteiger partial charge >= 0.3 is 5.69 Å². The number of H-pyrrole nitrogens is 1. The Hall–Kier alpha value is -4.33. The van der Waals surface area contributed by atoms with Gasteiger partial charge in [0.05, 0.1) is 12.8 Å². The first-order valence-corrected chi connectivity index (χ1v) is 9.53. The summed E-state index contributed by atoms with van der Waals surface area (Å²) in [4.78, 5) is 39.7. The first-order valence-electron chi connectivity index (χ1n) is 9.53. The quantitative estimate of drug-likeness (QED) is 0.481. The van der Waals surface area contributed by atoms with E-state index in [0.717, 1.165) is 16.3 Å². The minimum atomic E-state index is -0.708. The van der Waals surface area contributed by atoms with Crippen LogP contribution in [-0.2, 0) is 13.2 Å². The highest BCUT2D eigenvalue weighted by Gasteiger charge is 2.16. The lowest BCUT2D eigenvalue weighted by Gasteiger charge is -2.09. The molecule has 156 valence electrons. The standard InChI is InChI=1S/C23H19N3O5/c27-21(20-13-24-23(29)26(22(20)28)14-19-7-4-12-30-19)25-17-8-10-18(11-9-17)31-15-16-5-2-1-3-6-16/h1-13H,14-15H2,(H,24,29)(H,25,27). The molecule has 31 heavy (non-hydrogen) atoms. The monoisotopic (exact) mass is 417 g/mol. The van der Waals surface area contributed by atoms with Crippen LogP contribution in [0.2, 0.25) is 0 Å². The number of rotatable bonds is 7. The summed E-state index contributed by atoms with van der Waals surface area (Å²) >= 11 is 0. The Bertz CT molecular complexity index is 1270. The van der Waals surface area contributed by atoms with Gasteiger partial charge in [-0.2, -0.15) is 0 Å². The summed E-state index contributed by atoms with van der Waals surface area (Å²) in [6.45, 7) is 0.356. The Balaban J connectivity index is 1.44. The second kappa shape index (κ2) is 9.00. The lowest BCUT2D eigenvalue weighted by molar-refractivity contribution is 0.102. The van der Waals surface area contributed by atoms with E-state index in [4.69, 9.17) is 9.15 Å². The third-order valence-electron chi connectivity index (χ3n) is 4.56. The van der Waals surface area contributed by atoms with Crippen molar-refractivity contribution in [2.75, 3.05) is 5.32 Å². The molecule has 2 aromatic carbocycles. The lowest BCUT2D eigenvalue weighted by Crippen LogP contribution is -2.39. The molecule has 0 atom stereocenters. The van der Waals surface area contributed by atoms with Crippen LogP contribution in [0.3, 0.4) is 0 Å². The molecule has 1 amide bonds. The predicted octanol–water partition coefficient (Wildman–Crippen LogP) is 3.01. The van der Waals surface area contributed by atoms with Gasteiger partial charge < -0.3 is 19.5 Å². The van der Waals surface area contributed by atoms with E-state index < -0.39 is 17.2 Å². The average Bonchev–Trinajstić information content (AvgIpc) is 3.30. The van der Waals surface area contributed by atoms with E-state index in [1.165, 1.54) is 6.26 Å². The number of anilines is 1. The van der Waals surface area contributed by atoms with Crippen molar-refractivity contribution < 1.29 is 13.9 Å². The molecule has 0 saturated heterocycles. The van der Waals surface area contributed by atoms with E-state index in [-0.39, 0.29) is 12.1 Å². The van der Waals surface area contributed by atoms with Crippen LogP contribution in [0.15, 0.2) is 93.2 Å². The molecule has 0 radical (unpaired) electrons. The van der Waals surface area contributed by atoms with Crippen LogP contribution in [0.1, 0.15) is 21.7 Å². The topological polar surface area (TPSA) is 106 Å². The van der Waals surface area contributed by atoms with Gasteiger partial charge in [0.1, 0.15) is 23.7 Å². The number of nitrogens with zero attached hydrogens (tertiary/aromatic N) is 1. The van der Waals surface area contributed by atoms with Gasteiger partial charge in [0.15, 0.2) is 0 Å². The van der Waals surface area contributed by atoms with Gasteiger partial charge in [-0.1, -0.05) is 30.3 Å². The molecule has 2 aromatic heterocycles. The molecule has 0 saturated carbocycles. The number of hydrogen-bond donors (Lipinski definition) is 2. The summed E-state index contributed by atoms with van der Waals surface area (Å²) < 4.78 is 11.8. The highest BCUT2D eigenvalue weighted by atomic mass is 16.5. The maximum absolute atomic E-state index is 12.6. The summed E-state index contributed by atoms with van der Waals surface area (Å²) in [7, 11) is 0. The first-order chi connectivity index (χ1) is 15.1. The van der Waals surface area contributed by atoms with E-state index in [1.807, 2.05) is 30.3 Å². The van der Waals surface area contributed by atoms with Gasteiger partial charge in [0, 0.05) is 11.9 Å². The molecule has 0 unspecified atom stereocenters. The van der Waals surface area contributed by atoms with Crippen molar-refractivity contribution in [3.8, 4) is 5.75 Å². The zero-order chi connectivity index (χ0) is 21.6. The normalized spacial score (nSPS) is 10.6. The number of aromatic amines is 1. The van der Waals surface area contributed by atoms with Gasteiger partial charge in [-0.25, -0.2) is 4.79 Å². The molecule has 0 spiro atoms. The zero-order valence-corrected chi connectivity index (χ0v) is 16.4. The third kappa shape index (κ3) is 4.81. The maximum Gasteiger partial charge on any atom is 0.328 e. The van der Waals surface area contributed by atoms with Crippen LogP contribution >= 0.6 is 0 Å². The van der Waals surface area contributed by atoms with Crippen LogP contribution in [0.5, 0.6) is 5.75 Å². The van der Waals surface area contributed by atoms with Gasteiger partial charge in [-0.3, -0.25) is 14.2 Å². The molecule has 2 N–H and O–H groups in total. The van der Waals surface area contributed by atoms with Gasteiger partial charge in [0.25, 0.3) is 11.5 Å². The van der Waals surface area contributed by atoms with Crippen molar-refractivity contribution in [3.05, 3.63) is 117 Å². The van der Waals surface area contributed by atoms with Crippen molar-refractivity contribution in [3.63, 3.8) is 0 Å². The molecule has 0 bridgehead atoms. The molecule has 4 rings (SSSR count). The largest absolute Gasteiger partial charge is 0.489 e. The second-order valence-electron chi connectivity index (χ2n) is 6.73. The Morgan fingerprint density at radius 2 is 1.77 bits per heavy atom. The molecule has 2 heterocycles. The van der Waals surface area contributed by atoms with Crippen LogP contribution in [0.4, 0.5) is 5.69 Å². The molecule has 8 heteroatoms. The Kier molecular flexibility index (Phi) is 5.79. The zero-order valence-electron chi connectivity index (χ0n) is 16.4. The Morgan fingerprint density at radius 3 is 2.48 bits per heavy atom. The minimum Gasteiger partial charge on any atom is -0.489 e. The summed E-state index contributed by atoms with van der Waals surface area (Å²) in [6.07, 6.45) is 2.55. The fourth-order valence-electron chi connectivity index (χ4n) is 2.95. The highest BCUT2D eigenvalue weighted by molar-refractivity contribution is 6.03. The maximum atomic E-state index is 12.6. The number of carbonyl (C=O) groups is 1. The van der Waals surface area contributed by atoms with Crippen molar-refractivity contribution >= 4 is 11.6 Å². The molecule has 4 aromatic rings. The van der Waals surface area contributed by atoms with E-state index in [0.29, 0.717) is 23.8 Å². The van der Waals surface area contributed by atoms with E-state index in [1.54, 1.807) is 36.4 Å². The number of carbonyl (C=O) groups excluding carboxylic acids is 1. The number of aromatic nitrogens is 2. The number of ether oxygens (including phenoxy) is 1. The smallest absolute Gasteiger partial charge is 0.328 e. The molecular formula is C23H19N3O5. The first kappa shape index (κ1) is 20.0. The van der Waals surface area contributed by atoms with Crippen LogP contribution in [-0.4, -0.2) is 15.5 Å². The second-order valence-corrected chi connectivity index (χ2v) is 6.73. The predicted molar refractivity (Wildman–Crippen MR) is 114 cm³/mol. The number of furan rings is 1. The fraction of sp³-hybridized carbons (Fsp3) is 0.0870. The summed E-state index contributed by atoms with van der Waals surface area (Å²) in [5.74, 6) is 0.440. The van der Waals surface area contributed by atoms with E-state index in [2.05, 4.69) is 10.3 Å². The third-order valence-corrected chi connectivity index (χ3v) is 4.56. The Morgan fingerprint density at radius 1 is 1.00 bits per heavy atom. The number of hydrogen-bond acceptors (Lipinski definition) is 5. The summed E-state index contributed by atoms with van der Waals surface area (Å²) in [5.41, 5.74) is 0.0120. The average molecular weight is 417 g/mol. The van der Waals surface area contributed by atoms with Gasteiger partial charge in [-0.15, -0.1) is 0 Å². The van der Waals surface area contributed by atoms with Crippen molar-refractivity contribution in [2.45, 2.75) is 13.2 Å². The molecule has 8 nitrogen and oxygen atoms in total. The SMILES string of the molecule is O=C(Nc1ccc(OCc2ccccc2)cc1)c1c[nH]c(=O)n(Cc2ccco2)c1=O. The minimum absolute atomic E-state index is 0.0737. The number of nitrogens with one attached hydrogen (secondary N) is 2. The van der Waals surface area contributed by atoms with Crippen molar-refractivity contribution in [1.29, 1.82) is 0 Å². The molecule has 0 aliphatic heterocycles. The van der Waals surface area contributed by atoms with E-state index in [9.17, 15) is 14.4 Å². The van der Waals surface area contributed by atoms with Crippen LogP contribution in [0, 0.1) is 0 Å². The molecular weight excluding hydrogens is 398 g/mol. The van der Waals surface area contributed by atoms with Gasteiger partial charge in [-0.05, 0) is 42.0 Å². The lowest BCUT2D eigenvalue weighted by atomic mass is 10.2. The molecule has 0 aliphatic rings. The van der Waals surface area contributed by atoms with Crippen molar-refractivity contribution in [2.24, 2.45) is 0 Å². The fourth-order valence-corrected chi connectivity index (χ4v) is 2.95. The summed E-state index contributed by atoms with van der Waals surface area (Å²) in [6, 6.07) is 19.8. The molecule has 0 aliphatic carbocycles. The van der Waals surface area contributed by atoms with Crippen LogP contribution < -0.4 is 21.3 Å². The van der Waals surface area contributed by atoms with E-state index >= 15 is 0 Å². The number of amides is 1. The Labute approximate surface area is 176 Å². The van der Waals surface area contributed by atoms with Crippen molar-refractivity contribution in [1.82, 2.24) is 9.55 Å². The molecule has 0 fully saturated rings.